The third kappa shape index (κ3) is 3.88. The number of ether oxygens (including phenoxy) is 1. The van der Waals surface area contributed by atoms with E-state index in [4.69, 9.17) is 20.9 Å². The third-order valence-corrected chi connectivity index (χ3v) is 3.90. The average Bonchev–Trinajstić information content (AvgIpc) is 3.16. The Bertz CT molecular complexity index is 907. The molecular weight excluding hydrogens is 373 g/mol. The zero-order valence-electron chi connectivity index (χ0n) is 13.8. The van der Waals surface area contributed by atoms with Crippen molar-refractivity contribution in [2.75, 3.05) is 7.11 Å². The molecule has 0 spiro atoms. The Morgan fingerprint density at radius 1 is 1.31 bits per heavy atom. The Balaban J connectivity index is 1.83. The van der Waals surface area contributed by atoms with E-state index in [0.29, 0.717) is 10.7 Å². The largest absolute Gasteiger partial charge is 0.435 e. The van der Waals surface area contributed by atoms with E-state index in [2.05, 4.69) is 15.2 Å². The molecule has 1 unspecified atom stereocenters. The second-order valence-electron chi connectivity index (χ2n) is 5.54. The van der Waals surface area contributed by atoms with E-state index in [0.717, 1.165) is 16.3 Å². The first-order valence-electron chi connectivity index (χ1n) is 7.50. The smallest absolute Gasteiger partial charge is 0.369 e. The van der Waals surface area contributed by atoms with Gasteiger partial charge in [0.25, 0.3) is 0 Å². The number of aromatic nitrogens is 4. The van der Waals surface area contributed by atoms with Crippen molar-refractivity contribution in [3.05, 3.63) is 64.0 Å². The van der Waals surface area contributed by atoms with Gasteiger partial charge in [-0.2, -0.15) is 23.3 Å². The first-order chi connectivity index (χ1) is 12.3. The van der Waals surface area contributed by atoms with Crippen LogP contribution >= 0.6 is 11.6 Å². The molecule has 10 heteroatoms. The Morgan fingerprint density at radius 3 is 2.69 bits per heavy atom. The van der Waals surface area contributed by atoms with E-state index >= 15 is 0 Å². The minimum Gasteiger partial charge on any atom is -0.369 e. The lowest BCUT2D eigenvalue weighted by Crippen LogP contribution is -2.09. The van der Waals surface area contributed by atoms with E-state index in [-0.39, 0.29) is 18.3 Å². The second kappa shape index (κ2) is 7.08. The Kier molecular flexibility index (Phi) is 5.01. The van der Waals surface area contributed by atoms with E-state index in [1.807, 2.05) is 0 Å². The zero-order valence-corrected chi connectivity index (χ0v) is 14.5. The molecule has 0 bridgehead atoms. The number of aryl methyl sites for hydroxylation is 1. The van der Waals surface area contributed by atoms with Crippen LogP contribution in [0.3, 0.4) is 0 Å². The number of benzene rings is 1. The van der Waals surface area contributed by atoms with Crippen LogP contribution in [0.25, 0.3) is 0 Å². The standard InChI is InChI=1S/C16H14ClF3N4O2/c1-9-6-12(16(18,19)20)22-24(9)8-13-21-15(23-26-13)14(25-2)10-4-3-5-11(17)7-10/h3-7,14H,8H2,1-2H3. The molecule has 0 aliphatic rings. The van der Waals surface area contributed by atoms with Gasteiger partial charge in [-0.05, 0) is 30.7 Å². The molecule has 0 fully saturated rings. The highest BCUT2D eigenvalue weighted by molar-refractivity contribution is 6.30. The molecule has 3 rings (SSSR count). The van der Waals surface area contributed by atoms with Crippen LogP contribution in [-0.4, -0.2) is 27.0 Å². The molecule has 2 heterocycles. The molecule has 6 nitrogen and oxygen atoms in total. The highest BCUT2D eigenvalue weighted by Crippen LogP contribution is 2.29. The van der Waals surface area contributed by atoms with Crippen LogP contribution in [0, 0.1) is 6.92 Å². The zero-order chi connectivity index (χ0) is 18.9. The first kappa shape index (κ1) is 18.4. The molecule has 1 aromatic carbocycles. The first-order valence-corrected chi connectivity index (χ1v) is 7.88. The van der Waals surface area contributed by atoms with Crippen molar-refractivity contribution in [3.63, 3.8) is 0 Å². The Hall–Kier alpha value is -2.39. The summed E-state index contributed by atoms with van der Waals surface area (Å²) in [5.74, 6) is 0.356. The molecule has 0 saturated carbocycles. The summed E-state index contributed by atoms with van der Waals surface area (Å²) in [6, 6.07) is 7.94. The van der Waals surface area contributed by atoms with Crippen molar-refractivity contribution in [2.45, 2.75) is 25.7 Å². The number of rotatable bonds is 5. The molecule has 0 aliphatic carbocycles. The van der Waals surface area contributed by atoms with Crippen LogP contribution in [-0.2, 0) is 17.5 Å². The molecule has 2 aromatic heterocycles. The Labute approximate surface area is 151 Å². The summed E-state index contributed by atoms with van der Waals surface area (Å²) in [7, 11) is 1.48. The highest BCUT2D eigenvalue weighted by Gasteiger charge is 2.34. The predicted molar refractivity (Wildman–Crippen MR) is 85.7 cm³/mol. The monoisotopic (exact) mass is 386 g/mol. The van der Waals surface area contributed by atoms with Crippen LogP contribution in [0.5, 0.6) is 0 Å². The van der Waals surface area contributed by atoms with Gasteiger partial charge in [0, 0.05) is 17.8 Å². The van der Waals surface area contributed by atoms with Crippen LogP contribution in [0.15, 0.2) is 34.9 Å². The summed E-state index contributed by atoms with van der Waals surface area (Å²) in [4.78, 5) is 4.21. The van der Waals surface area contributed by atoms with Gasteiger partial charge in [-0.3, -0.25) is 4.68 Å². The van der Waals surface area contributed by atoms with E-state index in [9.17, 15) is 13.2 Å². The van der Waals surface area contributed by atoms with Gasteiger partial charge >= 0.3 is 6.18 Å². The van der Waals surface area contributed by atoms with Crippen molar-refractivity contribution >= 4 is 11.6 Å². The third-order valence-electron chi connectivity index (χ3n) is 3.66. The SMILES string of the molecule is COC(c1cccc(Cl)c1)c1noc(Cn2nc(C(F)(F)F)cc2C)n1. The molecule has 3 aromatic rings. The van der Waals surface area contributed by atoms with Gasteiger partial charge in [0.05, 0.1) is 0 Å². The van der Waals surface area contributed by atoms with Crippen molar-refractivity contribution in [1.82, 2.24) is 19.9 Å². The van der Waals surface area contributed by atoms with Crippen molar-refractivity contribution < 1.29 is 22.4 Å². The maximum atomic E-state index is 12.7. The maximum Gasteiger partial charge on any atom is 0.435 e. The fourth-order valence-electron chi connectivity index (χ4n) is 2.44. The number of halogens is 4. The minimum atomic E-state index is -4.51. The summed E-state index contributed by atoms with van der Waals surface area (Å²) < 4.78 is 49.9. The van der Waals surface area contributed by atoms with Crippen molar-refractivity contribution in [2.24, 2.45) is 0 Å². The van der Waals surface area contributed by atoms with Gasteiger partial charge in [-0.1, -0.05) is 28.9 Å². The van der Waals surface area contributed by atoms with Gasteiger partial charge in [0.1, 0.15) is 12.6 Å². The molecule has 0 radical (unpaired) electrons. The van der Waals surface area contributed by atoms with Gasteiger partial charge in [-0.15, -0.1) is 0 Å². The molecule has 26 heavy (non-hydrogen) atoms. The summed E-state index contributed by atoms with van der Waals surface area (Å²) in [5, 5.41) is 7.92. The summed E-state index contributed by atoms with van der Waals surface area (Å²) >= 11 is 5.98. The lowest BCUT2D eigenvalue weighted by molar-refractivity contribution is -0.141. The average molecular weight is 387 g/mol. The van der Waals surface area contributed by atoms with Gasteiger partial charge in [0.2, 0.25) is 11.7 Å². The highest BCUT2D eigenvalue weighted by atomic mass is 35.5. The normalized spacial score (nSPS) is 13.2. The summed E-state index contributed by atoms with van der Waals surface area (Å²) in [6.45, 7) is 1.43. The number of methoxy groups -OCH3 is 1. The number of hydrogen-bond donors (Lipinski definition) is 0. The minimum absolute atomic E-state index is 0.0824. The Morgan fingerprint density at radius 2 is 2.08 bits per heavy atom. The molecule has 0 saturated heterocycles. The summed E-state index contributed by atoms with van der Waals surface area (Å²) in [5.41, 5.74) is 0.0839. The number of nitrogens with zero attached hydrogens (tertiary/aromatic N) is 4. The molecule has 0 N–H and O–H groups in total. The number of alkyl halides is 3. The van der Waals surface area contributed by atoms with Crippen LogP contribution in [0.1, 0.15) is 34.8 Å². The molecule has 0 amide bonds. The number of hydrogen-bond acceptors (Lipinski definition) is 5. The lowest BCUT2D eigenvalue weighted by Gasteiger charge is -2.11. The van der Waals surface area contributed by atoms with Gasteiger partial charge in [0.15, 0.2) is 5.69 Å². The molecule has 0 aliphatic heterocycles. The van der Waals surface area contributed by atoms with E-state index in [1.54, 1.807) is 24.3 Å². The van der Waals surface area contributed by atoms with Gasteiger partial charge < -0.3 is 9.26 Å². The van der Waals surface area contributed by atoms with Crippen molar-refractivity contribution in [3.8, 4) is 0 Å². The predicted octanol–water partition coefficient (Wildman–Crippen LogP) is 4.03. The van der Waals surface area contributed by atoms with E-state index in [1.165, 1.54) is 14.0 Å². The van der Waals surface area contributed by atoms with Crippen LogP contribution < -0.4 is 0 Å². The topological polar surface area (TPSA) is 66.0 Å². The van der Waals surface area contributed by atoms with Crippen molar-refractivity contribution in [1.29, 1.82) is 0 Å². The van der Waals surface area contributed by atoms with Crippen LogP contribution in [0.2, 0.25) is 5.02 Å². The molecule has 1 atom stereocenters. The quantitative estimate of drug-likeness (QED) is 0.662. The molecular formula is C16H14ClF3N4O2. The molecule has 138 valence electrons. The fraction of sp³-hybridized carbons (Fsp3) is 0.312. The maximum absolute atomic E-state index is 12.7. The lowest BCUT2D eigenvalue weighted by atomic mass is 10.1. The summed E-state index contributed by atoms with van der Waals surface area (Å²) in [6.07, 6.45) is -5.13. The van der Waals surface area contributed by atoms with Crippen LogP contribution in [0.4, 0.5) is 13.2 Å². The fourth-order valence-corrected chi connectivity index (χ4v) is 2.63. The van der Waals surface area contributed by atoms with E-state index < -0.39 is 18.0 Å². The van der Waals surface area contributed by atoms with Gasteiger partial charge in [-0.25, -0.2) is 0 Å². The second-order valence-corrected chi connectivity index (χ2v) is 5.98.